The maximum absolute atomic E-state index is 12.0. The van der Waals surface area contributed by atoms with Crippen LogP contribution in [0.15, 0.2) is 41.5 Å². The van der Waals surface area contributed by atoms with Crippen molar-refractivity contribution >= 4 is 23.3 Å². The Morgan fingerprint density at radius 3 is 2.05 bits per heavy atom. The number of nitrogens with zero attached hydrogens (tertiary/aromatic N) is 5. The lowest BCUT2D eigenvalue weighted by Gasteiger charge is -2.26. The molecule has 12 nitrogen and oxygen atoms in total. The van der Waals surface area contributed by atoms with Crippen LogP contribution in [0.1, 0.15) is 25.8 Å². The Morgan fingerprint density at radius 1 is 0.825 bits per heavy atom. The van der Waals surface area contributed by atoms with Crippen LogP contribution in [0.25, 0.3) is 10.4 Å². The Morgan fingerprint density at radius 2 is 1.45 bits per heavy atom. The van der Waals surface area contributed by atoms with Gasteiger partial charge in [-0.1, -0.05) is 11.2 Å². The maximum Gasteiger partial charge on any atom is 0.325 e. The molecule has 0 aliphatic carbocycles. The fourth-order valence-corrected chi connectivity index (χ4v) is 3.81. The van der Waals surface area contributed by atoms with Crippen molar-refractivity contribution in [3.63, 3.8) is 0 Å². The van der Waals surface area contributed by atoms with Crippen LogP contribution in [0, 0.1) is 6.92 Å². The molecule has 0 N–H and O–H groups in total. The molecule has 0 aliphatic rings. The lowest BCUT2D eigenvalue weighted by molar-refractivity contribution is -0.139. The number of hydrogen-bond donors (Lipinski definition) is 0. The fraction of sp³-hybridized carbons (Fsp3) is 0.500. The molecule has 0 aliphatic heterocycles. The summed E-state index contributed by atoms with van der Waals surface area (Å²) >= 11 is 0. The van der Waals surface area contributed by atoms with Crippen LogP contribution in [0.3, 0.4) is 0 Å². The second-order valence-corrected chi connectivity index (χ2v) is 8.63. The van der Waals surface area contributed by atoms with Crippen molar-refractivity contribution in [2.24, 2.45) is 5.11 Å². The smallest absolute Gasteiger partial charge is 0.325 e. The molecule has 0 atom stereocenters. The summed E-state index contributed by atoms with van der Waals surface area (Å²) in [5.74, 6) is 1.02. The summed E-state index contributed by atoms with van der Waals surface area (Å²) in [5, 5.41) is 3.51. The third-order valence-electron chi connectivity index (χ3n) is 5.92. The van der Waals surface area contributed by atoms with Gasteiger partial charge in [0, 0.05) is 30.6 Å². The highest BCUT2D eigenvalue weighted by atomic mass is 16.5. The van der Waals surface area contributed by atoms with Crippen LogP contribution in [0.4, 0.5) is 11.4 Å². The number of aryl methyl sites for hydroxylation is 1. The lowest BCUT2D eigenvalue weighted by atomic mass is 10.2. The van der Waals surface area contributed by atoms with Crippen LogP contribution in [-0.4, -0.2) is 78.7 Å². The van der Waals surface area contributed by atoms with Gasteiger partial charge in [0.1, 0.15) is 43.6 Å². The summed E-state index contributed by atoms with van der Waals surface area (Å²) < 4.78 is 27.7. The van der Waals surface area contributed by atoms with Crippen LogP contribution in [-0.2, 0) is 19.1 Å². The van der Waals surface area contributed by atoms with E-state index < -0.39 is 0 Å². The lowest BCUT2D eigenvalue weighted by Crippen LogP contribution is -2.31. The molecule has 12 heteroatoms. The third-order valence-corrected chi connectivity index (χ3v) is 5.92. The Bertz CT molecular complexity index is 1150. The van der Waals surface area contributed by atoms with Gasteiger partial charge in [0.25, 0.3) is 0 Å². The fourth-order valence-electron chi connectivity index (χ4n) is 3.81. The van der Waals surface area contributed by atoms with Gasteiger partial charge in [0.05, 0.1) is 32.2 Å². The van der Waals surface area contributed by atoms with E-state index in [-0.39, 0.29) is 38.2 Å². The van der Waals surface area contributed by atoms with E-state index in [4.69, 9.17) is 29.2 Å². The molecule has 2 aromatic rings. The molecule has 0 radical (unpaired) electrons. The second kappa shape index (κ2) is 17.3. The highest BCUT2D eigenvalue weighted by molar-refractivity contribution is 5.78. The number of azide groups is 1. The molecular weight excluding hydrogens is 518 g/mol. The number of benzene rings is 2. The average molecular weight is 558 g/mol. The van der Waals surface area contributed by atoms with Gasteiger partial charge in [0.2, 0.25) is 0 Å². The molecule has 0 saturated carbocycles. The first-order valence-electron chi connectivity index (χ1n) is 13.1. The zero-order valence-electron chi connectivity index (χ0n) is 23.9. The molecule has 0 aromatic heterocycles. The minimum absolute atomic E-state index is 0.0615. The summed E-state index contributed by atoms with van der Waals surface area (Å²) in [6.07, 6.45) is 0.572. The van der Waals surface area contributed by atoms with Gasteiger partial charge >= 0.3 is 11.9 Å². The normalized spacial score (nSPS) is 10.2. The molecule has 40 heavy (non-hydrogen) atoms. The Kier molecular flexibility index (Phi) is 13.8. The van der Waals surface area contributed by atoms with Gasteiger partial charge in [-0.2, -0.15) is 0 Å². The minimum atomic E-state index is -0.367. The number of esters is 2. The number of hydrogen-bond acceptors (Lipinski definition) is 10. The van der Waals surface area contributed by atoms with Gasteiger partial charge < -0.3 is 33.5 Å². The van der Waals surface area contributed by atoms with Crippen LogP contribution >= 0.6 is 0 Å². The van der Waals surface area contributed by atoms with Crippen molar-refractivity contribution in [1.82, 2.24) is 0 Å². The van der Waals surface area contributed by atoms with E-state index in [1.807, 2.05) is 54.8 Å². The molecule has 0 bridgehead atoms. The number of carbonyl (C=O) groups excluding carboxylic acids is 2. The Balaban J connectivity index is 2.17. The second-order valence-electron chi connectivity index (χ2n) is 8.63. The summed E-state index contributed by atoms with van der Waals surface area (Å²) in [4.78, 5) is 30.4. The molecular formula is C28H39N5O7. The van der Waals surface area contributed by atoms with Gasteiger partial charge in [-0.05, 0) is 62.6 Å². The van der Waals surface area contributed by atoms with E-state index in [0.29, 0.717) is 55.6 Å². The first kappa shape index (κ1) is 31.9. The maximum atomic E-state index is 12.0. The molecule has 2 rings (SSSR count). The first-order chi connectivity index (χ1) is 19.4. The van der Waals surface area contributed by atoms with Gasteiger partial charge in [-0.3, -0.25) is 9.59 Å². The Labute approximate surface area is 235 Å². The quantitative estimate of drug-likeness (QED) is 0.0851. The third kappa shape index (κ3) is 10.1. The first-order valence-corrected chi connectivity index (χ1v) is 13.1. The number of ether oxygens (including phenoxy) is 5. The predicted octanol–water partition coefficient (Wildman–Crippen LogP) is 4.53. The number of carbonyl (C=O) groups is 2. The van der Waals surface area contributed by atoms with E-state index in [9.17, 15) is 9.59 Å². The summed E-state index contributed by atoms with van der Waals surface area (Å²) in [6.45, 7) is 8.33. The average Bonchev–Trinajstić information content (AvgIpc) is 2.97. The molecule has 0 fully saturated rings. The SMILES string of the molecule is CCN(CC(=O)OC)c1ccc(OCCCN=[N+]=[N-])cc1OCCOc1ccc(C)cc1N(CC)CC(=O)OC. The topological polar surface area (TPSA) is 136 Å². The van der Waals surface area contributed by atoms with Crippen molar-refractivity contribution in [1.29, 1.82) is 0 Å². The monoisotopic (exact) mass is 557 g/mol. The number of rotatable bonds is 18. The zero-order valence-corrected chi connectivity index (χ0v) is 23.9. The summed E-state index contributed by atoms with van der Waals surface area (Å²) in [6, 6.07) is 11.2. The van der Waals surface area contributed by atoms with Crippen molar-refractivity contribution in [3.8, 4) is 17.2 Å². The molecule has 218 valence electrons. The molecule has 0 amide bonds. The van der Waals surface area contributed by atoms with Crippen molar-refractivity contribution in [2.45, 2.75) is 27.2 Å². The van der Waals surface area contributed by atoms with E-state index in [1.54, 1.807) is 12.1 Å². The van der Waals surface area contributed by atoms with Crippen LogP contribution in [0.5, 0.6) is 17.2 Å². The van der Waals surface area contributed by atoms with Crippen LogP contribution < -0.4 is 24.0 Å². The molecule has 0 saturated heterocycles. The van der Waals surface area contributed by atoms with Crippen LogP contribution in [0.2, 0.25) is 0 Å². The standard InChI is InChI=1S/C28H39N5O7/c1-6-32(19-27(34)36-4)23-11-10-22(38-14-8-13-30-31-29)18-26(23)40-16-15-39-25-12-9-21(3)17-24(25)33(7-2)20-28(35)37-5/h9-12,17-18H,6-8,13-16,19-20H2,1-5H3. The van der Waals surface area contributed by atoms with Gasteiger partial charge in [-0.15, -0.1) is 0 Å². The van der Waals surface area contributed by atoms with Gasteiger partial charge in [0.15, 0.2) is 0 Å². The summed E-state index contributed by atoms with van der Waals surface area (Å²) in [5.41, 5.74) is 11.0. The molecule has 0 spiro atoms. The molecule has 2 aromatic carbocycles. The van der Waals surface area contributed by atoms with E-state index >= 15 is 0 Å². The largest absolute Gasteiger partial charge is 0.493 e. The van der Waals surface area contributed by atoms with E-state index in [1.165, 1.54) is 14.2 Å². The summed E-state index contributed by atoms with van der Waals surface area (Å²) in [7, 11) is 2.71. The van der Waals surface area contributed by atoms with Crippen molar-refractivity contribution < 1.29 is 33.3 Å². The predicted molar refractivity (Wildman–Crippen MR) is 153 cm³/mol. The van der Waals surface area contributed by atoms with Crippen molar-refractivity contribution in [3.05, 3.63) is 52.4 Å². The number of anilines is 2. The van der Waals surface area contributed by atoms with E-state index in [0.717, 1.165) is 11.3 Å². The molecule has 0 heterocycles. The zero-order chi connectivity index (χ0) is 29.3. The highest BCUT2D eigenvalue weighted by Crippen LogP contribution is 2.33. The molecule has 0 unspecified atom stereocenters. The van der Waals surface area contributed by atoms with Crippen molar-refractivity contribution in [2.75, 3.05) is 76.6 Å². The Hall–Kier alpha value is -4.31. The van der Waals surface area contributed by atoms with E-state index in [2.05, 4.69) is 10.0 Å². The number of likely N-dealkylation sites (N-methyl/N-ethyl adjacent to an activating group) is 2. The van der Waals surface area contributed by atoms with Gasteiger partial charge in [-0.25, -0.2) is 0 Å². The highest BCUT2D eigenvalue weighted by Gasteiger charge is 2.18. The minimum Gasteiger partial charge on any atom is -0.493 e. The number of methoxy groups -OCH3 is 2.